The largest absolute Gasteiger partial charge is 0.354 e. The maximum Gasteiger partial charge on any atom is 0.243 e. The third-order valence-electron chi connectivity index (χ3n) is 3.86. The predicted molar refractivity (Wildman–Crippen MR) is 99.1 cm³/mol. The summed E-state index contributed by atoms with van der Waals surface area (Å²) in [6.45, 7) is 2.20. The quantitative estimate of drug-likeness (QED) is 0.803. The van der Waals surface area contributed by atoms with E-state index < -0.39 is 10.0 Å². The minimum atomic E-state index is -3.73. The molecule has 7 heteroatoms. The van der Waals surface area contributed by atoms with E-state index in [2.05, 4.69) is 5.32 Å². The third-order valence-corrected chi connectivity index (χ3v) is 5.93. The molecular formula is C18H21ClN2O3S. The molecule has 0 aromatic heterocycles. The first kappa shape index (κ1) is 19.4. The van der Waals surface area contributed by atoms with Crippen LogP contribution in [0.5, 0.6) is 0 Å². The fourth-order valence-electron chi connectivity index (χ4n) is 2.30. The summed E-state index contributed by atoms with van der Waals surface area (Å²) < 4.78 is 25.9. The normalized spacial score (nSPS) is 12.8. The van der Waals surface area contributed by atoms with E-state index in [1.165, 1.54) is 31.3 Å². The molecule has 1 atom stereocenters. The Morgan fingerprint density at radius 2 is 1.72 bits per heavy atom. The van der Waals surface area contributed by atoms with E-state index in [0.717, 1.165) is 9.87 Å². The van der Waals surface area contributed by atoms with E-state index in [1.54, 1.807) is 0 Å². The zero-order valence-corrected chi connectivity index (χ0v) is 15.7. The molecule has 0 saturated carbocycles. The van der Waals surface area contributed by atoms with Crippen molar-refractivity contribution >= 4 is 27.5 Å². The van der Waals surface area contributed by atoms with Crippen molar-refractivity contribution in [3.63, 3.8) is 0 Å². The van der Waals surface area contributed by atoms with Gasteiger partial charge in [-0.3, -0.25) is 4.79 Å². The van der Waals surface area contributed by atoms with Gasteiger partial charge < -0.3 is 5.32 Å². The zero-order valence-electron chi connectivity index (χ0n) is 14.1. The Balaban J connectivity index is 1.92. The Morgan fingerprint density at radius 3 is 2.32 bits per heavy atom. The van der Waals surface area contributed by atoms with Gasteiger partial charge in [0.1, 0.15) is 0 Å². The molecule has 0 heterocycles. The number of nitrogens with one attached hydrogen (secondary N) is 1. The molecule has 134 valence electrons. The van der Waals surface area contributed by atoms with Crippen LogP contribution in [0.2, 0.25) is 5.02 Å². The lowest BCUT2D eigenvalue weighted by molar-refractivity contribution is -0.121. The molecular weight excluding hydrogens is 360 g/mol. The lowest BCUT2D eigenvalue weighted by atomic mass is 10.0. The number of halogens is 1. The highest BCUT2D eigenvalue weighted by molar-refractivity contribution is 7.89. The van der Waals surface area contributed by atoms with E-state index in [4.69, 9.17) is 11.6 Å². The topological polar surface area (TPSA) is 66.5 Å². The second-order valence-corrected chi connectivity index (χ2v) is 8.31. The second kappa shape index (κ2) is 8.47. The highest BCUT2D eigenvalue weighted by Gasteiger charge is 2.23. The second-order valence-electron chi connectivity index (χ2n) is 5.83. The molecule has 0 saturated heterocycles. The van der Waals surface area contributed by atoms with Gasteiger partial charge in [-0.05, 0) is 35.7 Å². The molecule has 2 rings (SSSR count). The van der Waals surface area contributed by atoms with E-state index in [0.29, 0.717) is 11.6 Å². The molecule has 0 spiro atoms. The minimum Gasteiger partial charge on any atom is -0.354 e. The monoisotopic (exact) mass is 380 g/mol. The van der Waals surface area contributed by atoms with Crippen molar-refractivity contribution in [3.05, 3.63) is 65.2 Å². The number of amides is 1. The summed E-state index contributed by atoms with van der Waals surface area (Å²) in [5, 5.41) is 3.23. The van der Waals surface area contributed by atoms with Crippen LogP contribution < -0.4 is 5.32 Å². The SMILES string of the molecule is CC(CNC(=O)CN(C)S(=O)(=O)c1ccc(Cl)cc1)c1ccccc1. The van der Waals surface area contributed by atoms with Crippen LogP contribution in [0.25, 0.3) is 0 Å². The van der Waals surface area contributed by atoms with Crippen LogP contribution >= 0.6 is 11.6 Å². The van der Waals surface area contributed by atoms with Crippen LogP contribution in [0.15, 0.2) is 59.5 Å². The van der Waals surface area contributed by atoms with Crippen LogP contribution in [0, 0.1) is 0 Å². The lowest BCUT2D eigenvalue weighted by Crippen LogP contribution is -2.39. The molecule has 2 aromatic carbocycles. The Labute approximate surface area is 153 Å². The Hall–Kier alpha value is -1.89. The summed E-state index contributed by atoms with van der Waals surface area (Å²) in [5.41, 5.74) is 1.12. The summed E-state index contributed by atoms with van der Waals surface area (Å²) in [6.07, 6.45) is 0. The van der Waals surface area contributed by atoms with Gasteiger partial charge in [0.05, 0.1) is 11.4 Å². The fourth-order valence-corrected chi connectivity index (χ4v) is 3.55. The van der Waals surface area contributed by atoms with Gasteiger partial charge in [0.2, 0.25) is 15.9 Å². The number of nitrogens with zero attached hydrogens (tertiary/aromatic N) is 1. The van der Waals surface area contributed by atoms with E-state index in [1.807, 2.05) is 37.3 Å². The van der Waals surface area contributed by atoms with Crippen molar-refractivity contribution in [3.8, 4) is 0 Å². The maximum atomic E-state index is 12.4. The maximum absolute atomic E-state index is 12.4. The van der Waals surface area contributed by atoms with E-state index >= 15 is 0 Å². The first-order valence-corrected chi connectivity index (χ1v) is 9.66. The van der Waals surface area contributed by atoms with Gasteiger partial charge in [-0.1, -0.05) is 48.9 Å². The van der Waals surface area contributed by atoms with Crippen molar-refractivity contribution in [2.45, 2.75) is 17.7 Å². The number of likely N-dealkylation sites (N-methyl/N-ethyl adjacent to an activating group) is 1. The van der Waals surface area contributed by atoms with Crippen LogP contribution in [0.4, 0.5) is 0 Å². The highest BCUT2D eigenvalue weighted by Crippen LogP contribution is 2.17. The predicted octanol–water partition coefficient (Wildman–Crippen LogP) is 2.88. The van der Waals surface area contributed by atoms with Crippen LogP contribution in [-0.4, -0.2) is 38.8 Å². The summed E-state index contributed by atoms with van der Waals surface area (Å²) in [5.74, 6) is -0.203. The number of carbonyl (C=O) groups is 1. The summed E-state index contributed by atoms with van der Waals surface area (Å²) in [7, 11) is -2.35. The molecule has 0 aliphatic heterocycles. The number of benzene rings is 2. The molecule has 5 nitrogen and oxygen atoms in total. The van der Waals surface area contributed by atoms with E-state index in [-0.39, 0.29) is 23.3 Å². The average molecular weight is 381 g/mol. The number of hydrogen-bond donors (Lipinski definition) is 1. The van der Waals surface area contributed by atoms with Gasteiger partial charge in [-0.25, -0.2) is 8.42 Å². The Morgan fingerprint density at radius 1 is 1.12 bits per heavy atom. The molecule has 0 bridgehead atoms. The molecule has 0 radical (unpaired) electrons. The van der Waals surface area contributed by atoms with Gasteiger partial charge in [0.15, 0.2) is 0 Å². The summed E-state index contributed by atoms with van der Waals surface area (Å²) in [6, 6.07) is 15.7. The number of hydrogen-bond acceptors (Lipinski definition) is 3. The molecule has 0 fully saturated rings. The Bertz CT molecular complexity index is 808. The van der Waals surface area contributed by atoms with Crippen LogP contribution in [-0.2, 0) is 14.8 Å². The number of carbonyl (C=O) groups excluding carboxylic acids is 1. The van der Waals surface area contributed by atoms with Gasteiger partial charge in [-0.15, -0.1) is 0 Å². The van der Waals surface area contributed by atoms with Gasteiger partial charge in [-0.2, -0.15) is 4.31 Å². The van der Waals surface area contributed by atoms with Gasteiger partial charge >= 0.3 is 0 Å². The van der Waals surface area contributed by atoms with Crippen LogP contribution in [0.1, 0.15) is 18.4 Å². The molecule has 25 heavy (non-hydrogen) atoms. The van der Waals surface area contributed by atoms with Crippen molar-refractivity contribution in [1.82, 2.24) is 9.62 Å². The van der Waals surface area contributed by atoms with E-state index in [9.17, 15) is 13.2 Å². The molecule has 1 unspecified atom stereocenters. The molecule has 2 aromatic rings. The van der Waals surface area contributed by atoms with Crippen molar-refractivity contribution in [2.75, 3.05) is 20.1 Å². The number of sulfonamides is 1. The Kier molecular flexibility index (Phi) is 6.58. The van der Waals surface area contributed by atoms with Gasteiger partial charge in [0, 0.05) is 18.6 Å². The minimum absolute atomic E-state index is 0.102. The van der Waals surface area contributed by atoms with Crippen molar-refractivity contribution in [1.29, 1.82) is 0 Å². The standard InChI is InChI=1S/C18H21ClN2O3S/c1-14(15-6-4-3-5-7-15)12-20-18(22)13-21(2)25(23,24)17-10-8-16(19)9-11-17/h3-11,14H,12-13H2,1-2H3,(H,20,22). The molecule has 1 N–H and O–H groups in total. The zero-order chi connectivity index (χ0) is 18.4. The fraction of sp³-hybridized carbons (Fsp3) is 0.278. The summed E-state index contributed by atoms with van der Waals surface area (Å²) in [4.78, 5) is 12.2. The number of rotatable bonds is 7. The molecule has 0 aliphatic rings. The molecule has 0 aliphatic carbocycles. The first-order chi connectivity index (χ1) is 11.8. The summed E-state index contributed by atoms with van der Waals surface area (Å²) >= 11 is 5.77. The third kappa shape index (κ3) is 5.29. The molecule has 1 amide bonds. The van der Waals surface area contributed by atoms with Crippen molar-refractivity contribution < 1.29 is 13.2 Å². The highest BCUT2D eigenvalue weighted by atomic mass is 35.5. The van der Waals surface area contributed by atoms with Crippen LogP contribution in [0.3, 0.4) is 0 Å². The lowest BCUT2D eigenvalue weighted by Gasteiger charge is -2.18. The first-order valence-electron chi connectivity index (χ1n) is 7.84. The van der Waals surface area contributed by atoms with Gasteiger partial charge in [0.25, 0.3) is 0 Å². The average Bonchev–Trinajstić information content (AvgIpc) is 2.60. The smallest absolute Gasteiger partial charge is 0.243 e. The van der Waals surface area contributed by atoms with Crippen molar-refractivity contribution in [2.24, 2.45) is 0 Å².